The number of hydrogen-bond acceptors (Lipinski definition) is 3. The second-order valence-electron chi connectivity index (χ2n) is 6.72. The van der Waals surface area contributed by atoms with Gasteiger partial charge < -0.3 is 15.0 Å². The molecule has 1 aliphatic heterocycles. The summed E-state index contributed by atoms with van der Waals surface area (Å²) in [5.41, 5.74) is 2.01. The van der Waals surface area contributed by atoms with Crippen LogP contribution in [0.1, 0.15) is 30.9 Å². The Bertz CT molecular complexity index is 872. The van der Waals surface area contributed by atoms with Gasteiger partial charge in [-0.1, -0.05) is 53.5 Å². The molecule has 148 valence electrons. The zero-order valence-corrected chi connectivity index (χ0v) is 17.1. The lowest BCUT2D eigenvalue weighted by atomic mass is 10.1. The van der Waals surface area contributed by atoms with Gasteiger partial charge in [0.25, 0.3) is 5.91 Å². The van der Waals surface area contributed by atoms with Gasteiger partial charge >= 0.3 is 0 Å². The molecule has 2 aromatic carbocycles. The van der Waals surface area contributed by atoms with Crippen LogP contribution in [0, 0.1) is 0 Å². The number of ether oxygens (including phenoxy) is 1. The summed E-state index contributed by atoms with van der Waals surface area (Å²) >= 11 is 12.1. The maximum Gasteiger partial charge on any atom is 0.261 e. The molecule has 7 heteroatoms. The van der Waals surface area contributed by atoms with E-state index in [0.717, 1.165) is 24.1 Å². The van der Waals surface area contributed by atoms with Crippen LogP contribution >= 0.6 is 23.2 Å². The van der Waals surface area contributed by atoms with Crippen molar-refractivity contribution in [1.82, 2.24) is 10.2 Å². The van der Waals surface area contributed by atoms with E-state index in [1.807, 2.05) is 29.2 Å². The van der Waals surface area contributed by atoms with E-state index in [0.29, 0.717) is 30.3 Å². The molecule has 1 N–H and O–H groups in total. The van der Waals surface area contributed by atoms with Gasteiger partial charge in [0, 0.05) is 26.1 Å². The topological polar surface area (TPSA) is 58.6 Å². The van der Waals surface area contributed by atoms with Crippen molar-refractivity contribution in [1.29, 1.82) is 0 Å². The number of rotatable bonds is 7. The van der Waals surface area contributed by atoms with Crippen LogP contribution in [0.15, 0.2) is 42.5 Å². The van der Waals surface area contributed by atoms with Crippen LogP contribution in [0.2, 0.25) is 10.0 Å². The Morgan fingerprint density at radius 1 is 1.18 bits per heavy atom. The lowest BCUT2D eigenvalue weighted by molar-refractivity contribution is -0.128. The van der Waals surface area contributed by atoms with Gasteiger partial charge in [-0.15, -0.1) is 0 Å². The van der Waals surface area contributed by atoms with E-state index in [9.17, 15) is 9.59 Å². The average molecular weight is 421 g/mol. The van der Waals surface area contributed by atoms with Gasteiger partial charge in [0.05, 0.1) is 5.02 Å². The average Bonchev–Trinajstić information content (AvgIpc) is 3.09. The molecule has 1 heterocycles. The minimum absolute atomic E-state index is 0.180. The Balaban J connectivity index is 1.59. The highest BCUT2D eigenvalue weighted by atomic mass is 35.5. The second kappa shape index (κ2) is 9.30. The normalized spacial score (nSPS) is 14.8. The van der Waals surface area contributed by atoms with Gasteiger partial charge in [0.1, 0.15) is 10.8 Å². The monoisotopic (exact) mass is 420 g/mol. The highest BCUT2D eigenvalue weighted by Gasteiger charge is 2.21. The molecule has 1 fully saturated rings. The van der Waals surface area contributed by atoms with Crippen LogP contribution in [0.5, 0.6) is 5.75 Å². The number of benzene rings is 2. The smallest absolute Gasteiger partial charge is 0.261 e. The predicted octanol–water partition coefficient (Wildman–Crippen LogP) is 4.20. The Kier molecular flexibility index (Phi) is 6.81. The number of nitrogens with zero attached hydrogens (tertiary/aromatic N) is 1. The van der Waals surface area contributed by atoms with E-state index < -0.39 is 6.10 Å². The SMILES string of the molecule is C[C@H](Oc1cccc(Cl)c1Cl)C(=O)NCc1ccccc1CN1CCCC1=O. The molecule has 0 aliphatic carbocycles. The molecule has 1 saturated heterocycles. The summed E-state index contributed by atoms with van der Waals surface area (Å²) in [5, 5.41) is 3.54. The van der Waals surface area contributed by atoms with Crippen LogP contribution < -0.4 is 10.1 Å². The van der Waals surface area contributed by atoms with E-state index in [4.69, 9.17) is 27.9 Å². The van der Waals surface area contributed by atoms with Crippen molar-refractivity contribution in [3.63, 3.8) is 0 Å². The van der Waals surface area contributed by atoms with Crippen LogP contribution in [-0.4, -0.2) is 29.4 Å². The Labute approximate surface area is 174 Å². The lowest BCUT2D eigenvalue weighted by Gasteiger charge is -2.19. The fraction of sp³-hybridized carbons (Fsp3) is 0.333. The molecule has 3 rings (SSSR count). The molecule has 1 atom stereocenters. The Morgan fingerprint density at radius 2 is 1.93 bits per heavy atom. The maximum absolute atomic E-state index is 12.4. The standard InChI is InChI=1S/C21H22Cl2N2O3/c1-14(28-18-9-4-8-17(22)20(18)23)21(27)24-12-15-6-2-3-7-16(15)13-25-11-5-10-19(25)26/h2-4,6-9,14H,5,10-13H2,1H3,(H,24,27)/t14-/m0/s1. The van der Waals surface area contributed by atoms with Crippen molar-refractivity contribution < 1.29 is 14.3 Å². The van der Waals surface area contributed by atoms with E-state index in [1.165, 1.54) is 0 Å². The maximum atomic E-state index is 12.4. The predicted molar refractivity (Wildman–Crippen MR) is 109 cm³/mol. The fourth-order valence-electron chi connectivity index (χ4n) is 3.11. The number of nitrogens with one attached hydrogen (secondary N) is 1. The summed E-state index contributed by atoms with van der Waals surface area (Å²) in [7, 11) is 0. The molecular formula is C21H22Cl2N2O3. The third-order valence-corrected chi connectivity index (χ3v) is 5.49. The van der Waals surface area contributed by atoms with Crippen molar-refractivity contribution >= 4 is 35.0 Å². The number of hydrogen-bond donors (Lipinski definition) is 1. The number of halogens is 2. The molecule has 0 saturated carbocycles. The minimum atomic E-state index is -0.733. The van der Waals surface area contributed by atoms with Crippen LogP contribution in [-0.2, 0) is 22.7 Å². The third-order valence-electron chi connectivity index (χ3n) is 4.69. The van der Waals surface area contributed by atoms with Crippen molar-refractivity contribution in [2.45, 2.75) is 39.0 Å². The quantitative estimate of drug-likeness (QED) is 0.729. The summed E-state index contributed by atoms with van der Waals surface area (Å²) in [5.74, 6) is 0.284. The van der Waals surface area contributed by atoms with E-state index in [2.05, 4.69) is 5.32 Å². The van der Waals surface area contributed by atoms with Crippen LogP contribution in [0.3, 0.4) is 0 Å². The second-order valence-corrected chi connectivity index (χ2v) is 7.50. The molecule has 0 spiro atoms. The first kappa shape index (κ1) is 20.5. The highest BCUT2D eigenvalue weighted by Crippen LogP contribution is 2.32. The number of carbonyl (C=O) groups is 2. The fourth-order valence-corrected chi connectivity index (χ4v) is 3.44. The molecule has 0 aromatic heterocycles. The van der Waals surface area contributed by atoms with Crippen LogP contribution in [0.25, 0.3) is 0 Å². The zero-order chi connectivity index (χ0) is 20.1. The number of carbonyl (C=O) groups excluding carboxylic acids is 2. The molecule has 1 aliphatic rings. The van der Waals surface area contributed by atoms with Gasteiger partial charge in [-0.3, -0.25) is 9.59 Å². The van der Waals surface area contributed by atoms with Gasteiger partial charge in [0.2, 0.25) is 5.91 Å². The summed E-state index contributed by atoms with van der Waals surface area (Å²) < 4.78 is 5.65. The first-order chi connectivity index (χ1) is 13.5. The van der Waals surface area contributed by atoms with E-state index in [1.54, 1.807) is 25.1 Å². The van der Waals surface area contributed by atoms with Gasteiger partial charge in [-0.25, -0.2) is 0 Å². The van der Waals surface area contributed by atoms with Gasteiger partial charge in [-0.2, -0.15) is 0 Å². The zero-order valence-electron chi connectivity index (χ0n) is 15.6. The molecule has 0 bridgehead atoms. The summed E-state index contributed by atoms with van der Waals surface area (Å²) in [6, 6.07) is 12.8. The molecule has 0 unspecified atom stereocenters. The first-order valence-electron chi connectivity index (χ1n) is 9.18. The molecular weight excluding hydrogens is 399 g/mol. The van der Waals surface area contributed by atoms with Gasteiger partial charge in [0.15, 0.2) is 6.10 Å². The van der Waals surface area contributed by atoms with Crippen molar-refractivity contribution in [2.24, 2.45) is 0 Å². The van der Waals surface area contributed by atoms with E-state index >= 15 is 0 Å². The third kappa shape index (κ3) is 4.97. The molecule has 2 aromatic rings. The Hall–Kier alpha value is -2.24. The van der Waals surface area contributed by atoms with E-state index in [-0.39, 0.29) is 16.8 Å². The molecule has 0 radical (unpaired) electrons. The number of amides is 2. The van der Waals surface area contributed by atoms with Crippen molar-refractivity contribution in [2.75, 3.05) is 6.54 Å². The summed E-state index contributed by atoms with van der Waals surface area (Å²) in [4.78, 5) is 26.2. The van der Waals surface area contributed by atoms with Crippen molar-refractivity contribution in [3.8, 4) is 5.75 Å². The van der Waals surface area contributed by atoms with Crippen molar-refractivity contribution in [3.05, 3.63) is 63.6 Å². The largest absolute Gasteiger partial charge is 0.479 e. The highest BCUT2D eigenvalue weighted by molar-refractivity contribution is 6.42. The summed E-state index contributed by atoms with van der Waals surface area (Å²) in [6.07, 6.45) is 0.779. The number of likely N-dealkylation sites (tertiary alicyclic amines) is 1. The molecule has 5 nitrogen and oxygen atoms in total. The summed E-state index contributed by atoms with van der Waals surface area (Å²) in [6.45, 7) is 3.36. The lowest BCUT2D eigenvalue weighted by Crippen LogP contribution is -2.36. The molecule has 28 heavy (non-hydrogen) atoms. The van der Waals surface area contributed by atoms with Gasteiger partial charge in [-0.05, 0) is 36.6 Å². The Morgan fingerprint density at radius 3 is 2.64 bits per heavy atom. The first-order valence-corrected chi connectivity index (χ1v) is 9.94. The molecule has 2 amide bonds. The van der Waals surface area contributed by atoms with Crippen LogP contribution in [0.4, 0.5) is 0 Å². The minimum Gasteiger partial charge on any atom is -0.479 e.